The number of methoxy groups -OCH3 is 1. The lowest BCUT2D eigenvalue weighted by atomic mass is 9.90. The van der Waals surface area contributed by atoms with E-state index in [2.05, 4.69) is 5.32 Å². The van der Waals surface area contributed by atoms with Crippen molar-refractivity contribution < 1.29 is 37.0 Å². The Morgan fingerprint density at radius 2 is 1.74 bits per heavy atom. The van der Waals surface area contributed by atoms with Crippen LogP contribution in [0.3, 0.4) is 0 Å². The number of rotatable bonds is 10. The van der Waals surface area contributed by atoms with E-state index in [-0.39, 0.29) is 19.4 Å². The Morgan fingerprint density at radius 1 is 1.06 bits per heavy atom. The lowest BCUT2D eigenvalue weighted by Gasteiger charge is -2.31. The monoisotopic (exact) mass is 447 g/mol. The molecule has 1 N–H and O–H groups in total. The van der Waals surface area contributed by atoms with Crippen molar-refractivity contribution in [2.45, 2.75) is 77.1 Å². The topological polar surface area (TPSA) is 73.9 Å². The Kier molecular flexibility index (Phi) is 9.65. The van der Waals surface area contributed by atoms with Crippen molar-refractivity contribution in [2.75, 3.05) is 13.7 Å². The molecule has 0 saturated heterocycles. The summed E-state index contributed by atoms with van der Waals surface area (Å²) in [4.78, 5) is 24.1. The highest BCUT2D eigenvalue weighted by atomic mass is 19.4. The van der Waals surface area contributed by atoms with Crippen LogP contribution in [0.4, 0.5) is 18.0 Å². The molecule has 0 fully saturated rings. The quantitative estimate of drug-likeness (QED) is 0.395. The van der Waals surface area contributed by atoms with Crippen LogP contribution in [0, 0.1) is 0 Å². The summed E-state index contributed by atoms with van der Waals surface area (Å²) in [5, 5.41) is 2.76. The second-order valence-corrected chi connectivity index (χ2v) is 8.66. The number of benzene rings is 1. The molecule has 0 heterocycles. The van der Waals surface area contributed by atoms with Crippen molar-refractivity contribution in [3.8, 4) is 5.75 Å². The molecule has 0 spiro atoms. The van der Waals surface area contributed by atoms with Crippen LogP contribution in [-0.2, 0) is 20.7 Å². The SMILES string of the molecule is COC(=O)C[C@](C)(CCc1cccc(OCCCC(F)(F)F)c1)NC(=O)OC(C)(C)C. The second-order valence-electron chi connectivity index (χ2n) is 8.66. The molecule has 1 aromatic carbocycles. The number of hydrogen-bond donors (Lipinski definition) is 1. The van der Waals surface area contributed by atoms with Crippen LogP contribution < -0.4 is 10.1 Å². The number of amides is 1. The van der Waals surface area contributed by atoms with Crippen molar-refractivity contribution in [3.63, 3.8) is 0 Å². The zero-order chi connectivity index (χ0) is 23.7. The van der Waals surface area contributed by atoms with E-state index >= 15 is 0 Å². The van der Waals surface area contributed by atoms with Gasteiger partial charge in [-0.1, -0.05) is 12.1 Å². The summed E-state index contributed by atoms with van der Waals surface area (Å²) in [6, 6.07) is 6.99. The van der Waals surface area contributed by atoms with E-state index in [0.717, 1.165) is 5.56 Å². The molecule has 176 valence electrons. The zero-order valence-corrected chi connectivity index (χ0v) is 18.7. The van der Waals surface area contributed by atoms with E-state index < -0.39 is 35.8 Å². The molecule has 6 nitrogen and oxygen atoms in total. The van der Waals surface area contributed by atoms with Crippen LogP contribution in [0.2, 0.25) is 0 Å². The van der Waals surface area contributed by atoms with Crippen LogP contribution in [0.25, 0.3) is 0 Å². The van der Waals surface area contributed by atoms with Crippen LogP contribution >= 0.6 is 0 Å². The first-order valence-electron chi connectivity index (χ1n) is 10.1. The number of esters is 1. The number of alkyl halides is 3. The number of carbonyl (C=O) groups excluding carboxylic acids is 2. The van der Waals surface area contributed by atoms with Crippen LogP contribution in [-0.4, -0.2) is 43.1 Å². The number of hydrogen-bond acceptors (Lipinski definition) is 5. The first-order valence-corrected chi connectivity index (χ1v) is 10.1. The van der Waals surface area contributed by atoms with Gasteiger partial charge in [-0.15, -0.1) is 0 Å². The van der Waals surface area contributed by atoms with Gasteiger partial charge in [-0.2, -0.15) is 13.2 Å². The predicted octanol–water partition coefficient (Wildman–Crippen LogP) is 5.19. The molecule has 1 atom stereocenters. The van der Waals surface area contributed by atoms with Gasteiger partial charge in [0.15, 0.2) is 0 Å². The number of alkyl carbamates (subject to hydrolysis) is 1. The highest BCUT2D eigenvalue weighted by Gasteiger charge is 2.32. The Labute approximate surface area is 181 Å². The average Bonchev–Trinajstić information content (AvgIpc) is 2.61. The number of ether oxygens (including phenoxy) is 3. The zero-order valence-electron chi connectivity index (χ0n) is 18.7. The Morgan fingerprint density at radius 3 is 2.32 bits per heavy atom. The number of halogens is 3. The standard InChI is InChI=1S/C22H32F3NO5/c1-20(2,3)31-19(28)26-21(4,15-18(27)29-5)12-10-16-8-6-9-17(14-16)30-13-7-11-22(23,24)25/h6,8-9,14H,7,10-13,15H2,1-5H3,(H,26,28)/t21-/m0/s1. The van der Waals surface area contributed by atoms with Crippen LogP contribution in [0.15, 0.2) is 24.3 Å². The van der Waals surface area contributed by atoms with Gasteiger partial charge in [0.05, 0.1) is 25.7 Å². The molecule has 0 radical (unpaired) electrons. The van der Waals surface area contributed by atoms with Crippen LogP contribution in [0.5, 0.6) is 5.75 Å². The lowest BCUT2D eigenvalue weighted by Crippen LogP contribution is -2.49. The van der Waals surface area contributed by atoms with Gasteiger partial charge in [0.1, 0.15) is 11.4 Å². The van der Waals surface area contributed by atoms with Gasteiger partial charge in [0.25, 0.3) is 0 Å². The maximum Gasteiger partial charge on any atom is 0.408 e. The second kappa shape index (κ2) is 11.2. The summed E-state index contributed by atoms with van der Waals surface area (Å²) in [7, 11) is 1.27. The summed E-state index contributed by atoms with van der Waals surface area (Å²) in [6.45, 7) is 6.91. The van der Waals surface area contributed by atoms with E-state index in [1.807, 2.05) is 6.07 Å². The number of nitrogens with one attached hydrogen (secondary N) is 1. The van der Waals surface area contributed by atoms with Crippen molar-refractivity contribution in [3.05, 3.63) is 29.8 Å². The minimum Gasteiger partial charge on any atom is -0.494 e. The summed E-state index contributed by atoms with van der Waals surface area (Å²) in [5.41, 5.74) is -0.747. The smallest absolute Gasteiger partial charge is 0.408 e. The first kappa shape index (κ1) is 26.6. The minimum atomic E-state index is -4.20. The van der Waals surface area contributed by atoms with Gasteiger partial charge >= 0.3 is 18.2 Å². The molecule has 0 saturated carbocycles. The highest BCUT2D eigenvalue weighted by Crippen LogP contribution is 2.24. The molecule has 0 aliphatic heterocycles. The molecule has 1 amide bonds. The predicted molar refractivity (Wildman–Crippen MR) is 110 cm³/mol. The molecule has 1 rings (SSSR count). The molecule has 9 heteroatoms. The Balaban J connectivity index is 2.74. The molecule has 0 bridgehead atoms. The van der Waals surface area contributed by atoms with E-state index in [1.165, 1.54) is 7.11 Å². The largest absolute Gasteiger partial charge is 0.494 e. The van der Waals surface area contributed by atoms with Gasteiger partial charge in [0, 0.05) is 6.42 Å². The summed E-state index contributed by atoms with van der Waals surface area (Å²) in [5.74, 6) is -0.00486. The fraction of sp³-hybridized carbons (Fsp3) is 0.636. The third-order valence-corrected chi connectivity index (χ3v) is 4.30. The van der Waals surface area contributed by atoms with Gasteiger partial charge < -0.3 is 19.5 Å². The van der Waals surface area contributed by atoms with Crippen molar-refractivity contribution in [2.24, 2.45) is 0 Å². The summed E-state index contributed by atoms with van der Waals surface area (Å²) >= 11 is 0. The number of carbonyl (C=O) groups is 2. The average molecular weight is 447 g/mol. The highest BCUT2D eigenvalue weighted by molar-refractivity contribution is 5.74. The molecule has 31 heavy (non-hydrogen) atoms. The molecule has 0 aromatic heterocycles. The van der Waals surface area contributed by atoms with Gasteiger partial charge in [-0.25, -0.2) is 4.79 Å². The molecular formula is C22H32F3NO5. The summed E-state index contributed by atoms with van der Waals surface area (Å²) in [6.07, 6.45) is -5.00. The van der Waals surface area contributed by atoms with Crippen molar-refractivity contribution in [1.29, 1.82) is 0 Å². The minimum absolute atomic E-state index is 0.0385. The van der Waals surface area contributed by atoms with E-state index in [4.69, 9.17) is 14.2 Å². The normalized spacial score (nSPS) is 13.8. The molecular weight excluding hydrogens is 415 g/mol. The van der Waals surface area contributed by atoms with E-state index in [1.54, 1.807) is 45.9 Å². The maximum atomic E-state index is 12.2. The van der Waals surface area contributed by atoms with E-state index in [9.17, 15) is 22.8 Å². The van der Waals surface area contributed by atoms with Gasteiger partial charge in [-0.05, 0) is 64.7 Å². The van der Waals surface area contributed by atoms with Crippen LogP contribution in [0.1, 0.15) is 58.9 Å². The summed E-state index contributed by atoms with van der Waals surface area (Å²) < 4.78 is 52.1. The fourth-order valence-corrected chi connectivity index (χ4v) is 2.81. The first-order chi connectivity index (χ1) is 14.2. The van der Waals surface area contributed by atoms with Gasteiger partial charge in [-0.3, -0.25) is 4.79 Å². The third-order valence-electron chi connectivity index (χ3n) is 4.30. The molecule has 0 unspecified atom stereocenters. The lowest BCUT2D eigenvalue weighted by molar-refractivity contribution is -0.142. The van der Waals surface area contributed by atoms with E-state index in [0.29, 0.717) is 18.6 Å². The number of aryl methyl sites for hydroxylation is 1. The molecule has 0 aliphatic rings. The van der Waals surface area contributed by atoms with Crippen molar-refractivity contribution in [1.82, 2.24) is 5.32 Å². The fourth-order valence-electron chi connectivity index (χ4n) is 2.81. The maximum absolute atomic E-state index is 12.2. The van der Waals surface area contributed by atoms with Crippen molar-refractivity contribution >= 4 is 12.1 Å². The molecule has 0 aliphatic carbocycles. The van der Waals surface area contributed by atoms with Gasteiger partial charge in [0.2, 0.25) is 0 Å². The Hall–Kier alpha value is -2.45. The Bertz CT molecular complexity index is 731. The molecule has 1 aromatic rings. The third kappa shape index (κ3) is 12.1.